The van der Waals surface area contributed by atoms with Gasteiger partial charge < -0.3 is 10.2 Å². The van der Waals surface area contributed by atoms with Gasteiger partial charge in [-0.2, -0.15) is 0 Å². The number of anilines is 2. The van der Waals surface area contributed by atoms with Crippen molar-refractivity contribution in [3.05, 3.63) is 57.7 Å². The van der Waals surface area contributed by atoms with Crippen LogP contribution in [0.2, 0.25) is 0 Å². The summed E-state index contributed by atoms with van der Waals surface area (Å²) >= 11 is 2.34. The lowest BCUT2D eigenvalue weighted by atomic mass is 10.1. The van der Waals surface area contributed by atoms with E-state index in [-0.39, 0.29) is 0 Å². The van der Waals surface area contributed by atoms with Crippen molar-refractivity contribution in [2.45, 2.75) is 25.8 Å². The van der Waals surface area contributed by atoms with Crippen LogP contribution in [-0.2, 0) is 0 Å². The zero-order chi connectivity index (χ0) is 14.7. The predicted octanol–water partition coefficient (Wildman–Crippen LogP) is 5.06. The highest BCUT2D eigenvalue weighted by atomic mass is 127. The second-order valence-electron chi connectivity index (χ2n) is 5.66. The van der Waals surface area contributed by atoms with Crippen molar-refractivity contribution in [2.24, 2.45) is 0 Å². The molecule has 0 spiro atoms. The fourth-order valence-corrected chi connectivity index (χ4v) is 3.19. The maximum absolute atomic E-state index is 3.57. The average molecular weight is 392 g/mol. The maximum atomic E-state index is 3.57. The Morgan fingerprint density at radius 2 is 1.57 bits per heavy atom. The van der Waals surface area contributed by atoms with Gasteiger partial charge in [0.05, 0.1) is 0 Å². The van der Waals surface area contributed by atoms with Gasteiger partial charge in [-0.05, 0) is 84.3 Å². The third kappa shape index (κ3) is 3.70. The van der Waals surface area contributed by atoms with Gasteiger partial charge in [-0.25, -0.2) is 0 Å². The normalized spacial score (nSPS) is 16.0. The fourth-order valence-electron chi connectivity index (χ4n) is 2.83. The van der Waals surface area contributed by atoms with Crippen molar-refractivity contribution in [1.29, 1.82) is 0 Å². The van der Waals surface area contributed by atoms with Crippen LogP contribution in [0.5, 0.6) is 0 Å². The second-order valence-corrected chi connectivity index (χ2v) is 6.90. The molecule has 1 atom stereocenters. The third-order valence-corrected chi connectivity index (χ3v) is 4.81. The number of halogens is 1. The number of benzene rings is 2. The van der Waals surface area contributed by atoms with Gasteiger partial charge >= 0.3 is 0 Å². The second kappa shape index (κ2) is 6.69. The first-order valence-electron chi connectivity index (χ1n) is 7.59. The van der Waals surface area contributed by atoms with Crippen LogP contribution < -0.4 is 10.2 Å². The number of rotatable bonds is 4. The molecule has 0 radical (unpaired) electrons. The molecule has 1 N–H and O–H groups in total. The molecule has 0 aromatic heterocycles. The summed E-state index contributed by atoms with van der Waals surface area (Å²) in [6.45, 7) is 4.61. The van der Waals surface area contributed by atoms with E-state index in [1.807, 2.05) is 0 Å². The minimum absolute atomic E-state index is 0.319. The molecule has 0 bridgehead atoms. The molecular formula is C18H21IN2. The van der Waals surface area contributed by atoms with Crippen molar-refractivity contribution in [2.75, 3.05) is 23.3 Å². The molecule has 1 heterocycles. The van der Waals surface area contributed by atoms with E-state index in [0.29, 0.717) is 6.04 Å². The van der Waals surface area contributed by atoms with Crippen molar-refractivity contribution in [3.8, 4) is 0 Å². The van der Waals surface area contributed by atoms with Gasteiger partial charge in [0.2, 0.25) is 0 Å². The van der Waals surface area contributed by atoms with Gasteiger partial charge in [0.25, 0.3) is 0 Å². The van der Waals surface area contributed by atoms with Crippen LogP contribution in [0.3, 0.4) is 0 Å². The Hall–Kier alpha value is -1.23. The molecule has 2 aromatic carbocycles. The number of hydrogen-bond acceptors (Lipinski definition) is 2. The van der Waals surface area contributed by atoms with Crippen LogP contribution >= 0.6 is 22.6 Å². The number of hydrogen-bond donors (Lipinski definition) is 1. The van der Waals surface area contributed by atoms with E-state index in [0.717, 1.165) is 0 Å². The first-order chi connectivity index (χ1) is 10.2. The van der Waals surface area contributed by atoms with E-state index >= 15 is 0 Å². The maximum Gasteiger partial charge on any atom is 0.0485 e. The summed E-state index contributed by atoms with van der Waals surface area (Å²) in [5, 5.41) is 3.57. The van der Waals surface area contributed by atoms with E-state index in [1.54, 1.807) is 0 Å². The fraction of sp³-hybridized carbons (Fsp3) is 0.333. The summed E-state index contributed by atoms with van der Waals surface area (Å²) in [4.78, 5) is 2.46. The van der Waals surface area contributed by atoms with Crippen molar-refractivity contribution < 1.29 is 0 Å². The monoisotopic (exact) mass is 392 g/mol. The van der Waals surface area contributed by atoms with Gasteiger partial charge in [0.15, 0.2) is 0 Å². The molecule has 1 unspecified atom stereocenters. The number of nitrogens with zero attached hydrogens (tertiary/aromatic N) is 1. The Balaban J connectivity index is 1.65. The minimum Gasteiger partial charge on any atom is -0.379 e. The highest BCUT2D eigenvalue weighted by molar-refractivity contribution is 14.1. The molecule has 0 aliphatic carbocycles. The molecule has 2 aromatic rings. The lowest BCUT2D eigenvalue weighted by Gasteiger charge is -2.19. The summed E-state index contributed by atoms with van der Waals surface area (Å²) in [5.74, 6) is 0. The van der Waals surface area contributed by atoms with E-state index in [4.69, 9.17) is 0 Å². The lowest BCUT2D eigenvalue weighted by Crippen LogP contribution is -2.17. The standard InChI is InChI=1S/C18H21IN2/c1-14(15-4-6-16(19)7-5-15)20-17-8-10-18(11-9-17)21-12-2-3-13-21/h4-11,14,20H,2-3,12-13H2,1H3. The molecule has 3 rings (SSSR count). The highest BCUT2D eigenvalue weighted by Gasteiger charge is 2.12. The molecule has 21 heavy (non-hydrogen) atoms. The molecule has 0 saturated carbocycles. The van der Waals surface area contributed by atoms with Crippen molar-refractivity contribution in [3.63, 3.8) is 0 Å². The molecule has 1 aliphatic heterocycles. The van der Waals surface area contributed by atoms with Crippen molar-refractivity contribution in [1.82, 2.24) is 0 Å². The molecule has 3 heteroatoms. The van der Waals surface area contributed by atoms with E-state index in [9.17, 15) is 0 Å². The van der Waals surface area contributed by atoms with Crippen LogP contribution in [0, 0.1) is 3.57 Å². The quantitative estimate of drug-likeness (QED) is 0.732. The summed E-state index contributed by atoms with van der Waals surface area (Å²) in [6.07, 6.45) is 2.65. The van der Waals surface area contributed by atoms with Gasteiger partial charge in [0.1, 0.15) is 0 Å². The van der Waals surface area contributed by atoms with E-state index in [1.165, 1.54) is 46.4 Å². The largest absolute Gasteiger partial charge is 0.379 e. The topological polar surface area (TPSA) is 15.3 Å². The van der Waals surface area contributed by atoms with Gasteiger partial charge in [-0.1, -0.05) is 12.1 Å². The molecular weight excluding hydrogens is 371 g/mol. The van der Waals surface area contributed by atoms with E-state index in [2.05, 4.69) is 88.3 Å². The average Bonchev–Trinajstić information content (AvgIpc) is 3.03. The van der Waals surface area contributed by atoms with Crippen molar-refractivity contribution >= 4 is 34.0 Å². The van der Waals surface area contributed by atoms with Crippen LogP contribution in [0.4, 0.5) is 11.4 Å². The summed E-state index contributed by atoms with van der Waals surface area (Å²) in [5.41, 5.74) is 3.85. The zero-order valence-corrected chi connectivity index (χ0v) is 14.5. The Morgan fingerprint density at radius 3 is 2.19 bits per heavy atom. The molecule has 1 fully saturated rings. The Morgan fingerprint density at radius 1 is 0.952 bits per heavy atom. The van der Waals surface area contributed by atoms with Crippen LogP contribution in [-0.4, -0.2) is 13.1 Å². The third-order valence-electron chi connectivity index (χ3n) is 4.09. The Kier molecular flexibility index (Phi) is 4.68. The summed E-state index contributed by atoms with van der Waals surface area (Å²) < 4.78 is 1.28. The highest BCUT2D eigenvalue weighted by Crippen LogP contribution is 2.24. The minimum atomic E-state index is 0.319. The zero-order valence-electron chi connectivity index (χ0n) is 12.3. The predicted molar refractivity (Wildman–Crippen MR) is 99.1 cm³/mol. The van der Waals surface area contributed by atoms with E-state index < -0.39 is 0 Å². The smallest absolute Gasteiger partial charge is 0.0485 e. The van der Waals surface area contributed by atoms with Crippen LogP contribution in [0.25, 0.3) is 0 Å². The lowest BCUT2D eigenvalue weighted by molar-refractivity contribution is 0.884. The van der Waals surface area contributed by atoms with Gasteiger partial charge in [-0.15, -0.1) is 0 Å². The SMILES string of the molecule is CC(Nc1ccc(N2CCCC2)cc1)c1ccc(I)cc1. The molecule has 0 amide bonds. The van der Waals surface area contributed by atoms with Gasteiger partial charge in [0, 0.05) is 34.1 Å². The van der Waals surface area contributed by atoms with Gasteiger partial charge in [-0.3, -0.25) is 0 Å². The van der Waals surface area contributed by atoms with Crippen LogP contribution in [0.15, 0.2) is 48.5 Å². The molecule has 1 saturated heterocycles. The summed E-state index contributed by atoms with van der Waals surface area (Å²) in [6, 6.07) is 17.9. The molecule has 2 nitrogen and oxygen atoms in total. The summed E-state index contributed by atoms with van der Waals surface area (Å²) in [7, 11) is 0. The Labute approximate surface area is 140 Å². The number of nitrogens with one attached hydrogen (secondary N) is 1. The first-order valence-corrected chi connectivity index (χ1v) is 8.67. The first kappa shape index (κ1) is 14.7. The Bertz CT molecular complexity index is 571. The molecule has 110 valence electrons. The van der Waals surface area contributed by atoms with Crippen LogP contribution in [0.1, 0.15) is 31.4 Å². The molecule has 1 aliphatic rings.